The van der Waals surface area contributed by atoms with Crippen LogP contribution < -0.4 is 0 Å². The van der Waals surface area contributed by atoms with E-state index in [1.807, 2.05) is 0 Å². The van der Waals surface area contributed by atoms with Crippen molar-refractivity contribution in [2.24, 2.45) is 5.92 Å². The molecule has 1 heterocycles. The van der Waals surface area contributed by atoms with Gasteiger partial charge in [-0.05, 0) is 60.6 Å². The predicted molar refractivity (Wildman–Crippen MR) is 77.9 cm³/mol. The van der Waals surface area contributed by atoms with Crippen molar-refractivity contribution in [2.75, 3.05) is 13.7 Å². The predicted octanol–water partition coefficient (Wildman–Crippen LogP) is 2.53. The summed E-state index contributed by atoms with van der Waals surface area (Å²) in [6.07, 6.45) is 6.11. The number of aliphatic hydroxyl groups is 1. The van der Waals surface area contributed by atoms with Gasteiger partial charge >= 0.3 is 0 Å². The highest BCUT2D eigenvalue weighted by Crippen LogP contribution is 2.28. The molecule has 0 aromatic carbocycles. The minimum atomic E-state index is 0.241. The molecule has 1 fully saturated rings. The SMILES string of the molecule is CN(Cc1ncc(Br)cc1O)C1CCC(CO)CC1. The minimum Gasteiger partial charge on any atom is -0.506 e. The van der Waals surface area contributed by atoms with E-state index in [0.717, 1.165) is 35.8 Å². The van der Waals surface area contributed by atoms with Crippen molar-refractivity contribution in [3.63, 3.8) is 0 Å². The van der Waals surface area contributed by atoms with Gasteiger partial charge in [-0.2, -0.15) is 0 Å². The van der Waals surface area contributed by atoms with Crippen molar-refractivity contribution in [1.29, 1.82) is 0 Å². The summed E-state index contributed by atoms with van der Waals surface area (Å²) in [5, 5.41) is 19.0. The molecule has 2 N–H and O–H groups in total. The maximum Gasteiger partial charge on any atom is 0.139 e. The lowest BCUT2D eigenvalue weighted by Gasteiger charge is -2.34. The summed E-state index contributed by atoms with van der Waals surface area (Å²) in [6, 6.07) is 2.20. The Balaban J connectivity index is 1.92. The molecule has 4 nitrogen and oxygen atoms in total. The molecule has 1 saturated carbocycles. The monoisotopic (exact) mass is 328 g/mol. The van der Waals surface area contributed by atoms with Gasteiger partial charge < -0.3 is 10.2 Å². The van der Waals surface area contributed by atoms with Crippen LogP contribution in [-0.2, 0) is 6.54 Å². The van der Waals surface area contributed by atoms with Crippen LogP contribution in [0, 0.1) is 5.92 Å². The van der Waals surface area contributed by atoms with Gasteiger partial charge in [0.25, 0.3) is 0 Å². The lowest BCUT2D eigenvalue weighted by molar-refractivity contribution is 0.123. The van der Waals surface area contributed by atoms with Crippen LogP contribution in [0.4, 0.5) is 0 Å². The largest absolute Gasteiger partial charge is 0.506 e. The van der Waals surface area contributed by atoms with Crippen molar-refractivity contribution >= 4 is 15.9 Å². The quantitative estimate of drug-likeness (QED) is 0.891. The van der Waals surface area contributed by atoms with Crippen molar-refractivity contribution in [3.8, 4) is 5.75 Å². The molecule has 1 aromatic heterocycles. The van der Waals surface area contributed by atoms with E-state index >= 15 is 0 Å². The lowest BCUT2D eigenvalue weighted by atomic mass is 9.86. The number of nitrogens with zero attached hydrogens (tertiary/aromatic N) is 2. The van der Waals surface area contributed by atoms with Gasteiger partial charge in [-0.1, -0.05) is 0 Å². The fourth-order valence-corrected chi connectivity index (χ4v) is 3.03. The second-order valence-corrected chi connectivity index (χ2v) is 6.31. The molecule has 0 spiro atoms. The number of rotatable bonds is 4. The summed E-state index contributed by atoms with van der Waals surface area (Å²) in [7, 11) is 2.08. The topological polar surface area (TPSA) is 56.6 Å². The second-order valence-electron chi connectivity index (χ2n) is 5.39. The molecule has 0 saturated heterocycles. The summed E-state index contributed by atoms with van der Waals surface area (Å²) in [5.41, 5.74) is 0.718. The van der Waals surface area contributed by atoms with Gasteiger partial charge in [0.2, 0.25) is 0 Å². The maximum atomic E-state index is 9.87. The molecule has 1 aromatic rings. The molecule has 1 aliphatic rings. The molecule has 2 rings (SSSR count). The van der Waals surface area contributed by atoms with Gasteiger partial charge in [0, 0.05) is 29.9 Å². The Morgan fingerprint density at radius 3 is 2.63 bits per heavy atom. The van der Waals surface area contributed by atoms with E-state index in [-0.39, 0.29) is 5.75 Å². The molecule has 19 heavy (non-hydrogen) atoms. The number of hydrogen-bond acceptors (Lipinski definition) is 4. The third kappa shape index (κ3) is 3.91. The Morgan fingerprint density at radius 2 is 2.05 bits per heavy atom. The zero-order valence-corrected chi connectivity index (χ0v) is 12.8. The molecule has 1 aliphatic carbocycles. The fourth-order valence-electron chi connectivity index (χ4n) is 2.71. The summed E-state index contributed by atoms with van der Waals surface area (Å²) in [4.78, 5) is 6.52. The Hall–Kier alpha value is -0.650. The number of pyridine rings is 1. The van der Waals surface area contributed by atoms with E-state index in [1.54, 1.807) is 12.3 Å². The smallest absolute Gasteiger partial charge is 0.139 e. The van der Waals surface area contributed by atoms with E-state index in [2.05, 4.69) is 32.9 Å². The maximum absolute atomic E-state index is 9.87. The first-order valence-electron chi connectivity index (χ1n) is 6.74. The van der Waals surface area contributed by atoms with Crippen molar-refractivity contribution in [3.05, 3.63) is 22.4 Å². The third-order valence-corrected chi connectivity index (χ3v) is 4.44. The molecule has 106 valence electrons. The second kappa shape index (κ2) is 6.68. The highest BCUT2D eigenvalue weighted by Gasteiger charge is 2.24. The standard InChI is InChI=1S/C14H21BrN2O2/c1-17(12-4-2-10(9-18)3-5-12)8-13-14(19)6-11(15)7-16-13/h6-7,10,12,18-19H,2-5,8-9H2,1H3. The van der Waals surface area contributed by atoms with E-state index in [9.17, 15) is 5.11 Å². The number of aromatic hydroxyl groups is 1. The van der Waals surface area contributed by atoms with Crippen molar-refractivity contribution < 1.29 is 10.2 Å². The van der Waals surface area contributed by atoms with Crippen molar-refractivity contribution in [1.82, 2.24) is 9.88 Å². The van der Waals surface area contributed by atoms with E-state index in [0.29, 0.717) is 25.1 Å². The zero-order valence-electron chi connectivity index (χ0n) is 11.2. The molecular weight excluding hydrogens is 308 g/mol. The fraction of sp³-hybridized carbons (Fsp3) is 0.643. The van der Waals surface area contributed by atoms with Crippen molar-refractivity contribution in [2.45, 2.75) is 38.3 Å². The van der Waals surface area contributed by atoms with Gasteiger partial charge in [-0.3, -0.25) is 9.88 Å². The first-order chi connectivity index (χ1) is 9.10. The number of aromatic nitrogens is 1. The molecule has 0 unspecified atom stereocenters. The number of hydrogen-bond donors (Lipinski definition) is 2. The van der Waals surface area contributed by atoms with Gasteiger partial charge in [0.1, 0.15) is 5.75 Å². The molecule has 0 atom stereocenters. The first-order valence-corrected chi connectivity index (χ1v) is 7.54. The van der Waals surface area contributed by atoms with Gasteiger partial charge in [-0.25, -0.2) is 0 Å². The molecule has 0 aliphatic heterocycles. The van der Waals surface area contributed by atoms with Gasteiger partial charge in [0.15, 0.2) is 0 Å². The first kappa shape index (κ1) is 14.8. The van der Waals surface area contributed by atoms with Gasteiger partial charge in [0.05, 0.1) is 5.69 Å². The Labute approximate surface area is 122 Å². The van der Waals surface area contributed by atoms with Crippen LogP contribution in [0.1, 0.15) is 31.4 Å². The molecule has 0 amide bonds. The zero-order chi connectivity index (χ0) is 13.8. The average molecular weight is 329 g/mol. The lowest BCUT2D eigenvalue weighted by Crippen LogP contribution is -2.35. The van der Waals surface area contributed by atoms with Crippen LogP contribution in [0.25, 0.3) is 0 Å². The van der Waals surface area contributed by atoms with Crippen LogP contribution in [0.2, 0.25) is 0 Å². The van der Waals surface area contributed by atoms with E-state index < -0.39 is 0 Å². The number of halogens is 1. The van der Waals surface area contributed by atoms with Crippen LogP contribution >= 0.6 is 15.9 Å². The Kier molecular flexibility index (Phi) is 5.19. The summed E-state index contributed by atoms with van der Waals surface area (Å²) < 4.78 is 0.792. The summed E-state index contributed by atoms with van der Waals surface area (Å²) in [6.45, 7) is 0.971. The van der Waals surface area contributed by atoms with Crippen LogP contribution in [0.5, 0.6) is 5.75 Å². The molecule has 0 bridgehead atoms. The van der Waals surface area contributed by atoms with E-state index in [4.69, 9.17) is 5.11 Å². The average Bonchev–Trinajstić information content (AvgIpc) is 2.42. The Morgan fingerprint density at radius 1 is 1.37 bits per heavy atom. The van der Waals surface area contributed by atoms with Crippen LogP contribution in [-0.4, -0.2) is 39.8 Å². The normalized spacial score (nSPS) is 23.8. The highest BCUT2D eigenvalue weighted by atomic mass is 79.9. The van der Waals surface area contributed by atoms with E-state index in [1.165, 1.54) is 0 Å². The number of aliphatic hydroxyl groups excluding tert-OH is 1. The van der Waals surface area contributed by atoms with Crippen LogP contribution in [0.3, 0.4) is 0 Å². The molecular formula is C14H21BrN2O2. The van der Waals surface area contributed by atoms with Gasteiger partial charge in [-0.15, -0.1) is 0 Å². The molecule has 5 heteroatoms. The minimum absolute atomic E-state index is 0.241. The summed E-state index contributed by atoms with van der Waals surface area (Å²) in [5.74, 6) is 0.717. The highest BCUT2D eigenvalue weighted by molar-refractivity contribution is 9.10. The Bertz CT molecular complexity index is 420. The third-order valence-electron chi connectivity index (χ3n) is 4.01. The summed E-state index contributed by atoms with van der Waals surface area (Å²) >= 11 is 3.29. The molecule has 0 radical (unpaired) electrons. The van der Waals surface area contributed by atoms with Crippen LogP contribution in [0.15, 0.2) is 16.7 Å².